The summed E-state index contributed by atoms with van der Waals surface area (Å²) in [6, 6.07) is 6.85. The van der Waals surface area contributed by atoms with Crippen molar-refractivity contribution in [3.05, 3.63) is 68.6 Å². The average Bonchev–Trinajstić information content (AvgIpc) is 3.09. The van der Waals surface area contributed by atoms with Crippen LogP contribution in [0.2, 0.25) is 0 Å². The summed E-state index contributed by atoms with van der Waals surface area (Å²) >= 11 is 1.46. The van der Waals surface area contributed by atoms with Gasteiger partial charge < -0.3 is 9.88 Å². The van der Waals surface area contributed by atoms with Gasteiger partial charge >= 0.3 is 5.69 Å². The van der Waals surface area contributed by atoms with Crippen molar-refractivity contribution in [3.63, 3.8) is 0 Å². The Labute approximate surface area is 146 Å². The van der Waals surface area contributed by atoms with Gasteiger partial charge in [-0.3, -0.25) is 19.6 Å². The summed E-state index contributed by atoms with van der Waals surface area (Å²) in [7, 11) is 0. The van der Waals surface area contributed by atoms with Gasteiger partial charge in [-0.1, -0.05) is 6.07 Å². The molecule has 0 saturated heterocycles. The molecule has 0 radical (unpaired) electrons. The van der Waals surface area contributed by atoms with Gasteiger partial charge in [-0.05, 0) is 12.1 Å². The largest absolute Gasteiger partial charge is 0.350 e. The first kappa shape index (κ1) is 16.8. The molecule has 0 aliphatic rings. The van der Waals surface area contributed by atoms with Gasteiger partial charge in [-0.15, -0.1) is 11.3 Å². The number of carbonyl (C=O) groups excluding carboxylic acids is 1. The van der Waals surface area contributed by atoms with E-state index < -0.39 is 11.2 Å². The summed E-state index contributed by atoms with van der Waals surface area (Å²) in [5.41, 5.74) is 0.556. The molecule has 8 nitrogen and oxygen atoms in total. The van der Waals surface area contributed by atoms with E-state index in [4.69, 9.17) is 0 Å². The number of pyridine rings is 1. The molecular weight excluding hydrogens is 342 g/mol. The van der Waals surface area contributed by atoms with Crippen LogP contribution in [0.25, 0.3) is 10.7 Å². The topological polar surface area (TPSA) is 110 Å². The third-order valence-corrected chi connectivity index (χ3v) is 4.29. The molecule has 0 atom stereocenters. The van der Waals surface area contributed by atoms with Crippen LogP contribution in [0.3, 0.4) is 0 Å². The van der Waals surface area contributed by atoms with Gasteiger partial charge in [-0.2, -0.15) is 0 Å². The summed E-state index contributed by atoms with van der Waals surface area (Å²) < 4.78 is 1.28. The quantitative estimate of drug-likeness (QED) is 0.677. The Hall–Kier alpha value is -3.07. The van der Waals surface area contributed by atoms with E-state index in [0.717, 1.165) is 16.4 Å². The van der Waals surface area contributed by atoms with Crippen molar-refractivity contribution < 1.29 is 4.79 Å². The van der Waals surface area contributed by atoms with E-state index >= 15 is 0 Å². The van der Waals surface area contributed by atoms with Crippen LogP contribution in [0.4, 0.5) is 0 Å². The maximum atomic E-state index is 11.9. The number of carbonyl (C=O) groups is 1. The van der Waals surface area contributed by atoms with Gasteiger partial charge in [-0.25, -0.2) is 9.78 Å². The number of rotatable bonds is 6. The van der Waals surface area contributed by atoms with Crippen LogP contribution < -0.4 is 16.6 Å². The van der Waals surface area contributed by atoms with Crippen molar-refractivity contribution in [1.29, 1.82) is 0 Å². The molecule has 0 bridgehead atoms. The van der Waals surface area contributed by atoms with Crippen LogP contribution in [0, 0.1) is 0 Å². The number of aromatic amines is 1. The zero-order valence-corrected chi connectivity index (χ0v) is 14.0. The summed E-state index contributed by atoms with van der Waals surface area (Å²) in [5, 5.41) is 5.43. The highest BCUT2D eigenvalue weighted by Crippen LogP contribution is 2.21. The van der Waals surface area contributed by atoms with Gasteiger partial charge in [0.1, 0.15) is 5.01 Å². The zero-order valence-electron chi connectivity index (χ0n) is 13.1. The Balaban J connectivity index is 1.52. The summed E-state index contributed by atoms with van der Waals surface area (Å²) in [6.45, 7) is 0.500. The molecule has 25 heavy (non-hydrogen) atoms. The van der Waals surface area contributed by atoms with Crippen molar-refractivity contribution in [1.82, 2.24) is 24.8 Å². The van der Waals surface area contributed by atoms with E-state index in [1.165, 1.54) is 28.2 Å². The number of hydrogen-bond donors (Lipinski definition) is 2. The van der Waals surface area contributed by atoms with Crippen molar-refractivity contribution in [2.45, 2.75) is 19.5 Å². The SMILES string of the molecule is O=C(CCn1ccc(=O)[nH]c1=O)NCc1csc(-c2ccccn2)n1. The highest BCUT2D eigenvalue weighted by atomic mass is 32.1. The van der Waals surface area contributed by atoms with Gasteiger partial charge in [0, 0.05) is 36.8 Å². The number of amides is 1. The average molecular weight is 357 g/mol. The number of hydrogen-bond acceptors (Lipinski definition) is 6. The van der Waals surface area contributed by atoms with E-state index in [0.29, 0.717) is 6.54 Å². The van der Waals surface area contributed by atoms with Crippen LogP contribution in [-0.2, 0) is 17.9 Å². The molecule has 0 unspecified atom stereocenters. The van der Waals surface area contributed by atoms with Crippen LogP contribution in [0.1, 0.15) is 12.1 Å². The fourth-order valence-electron chi connectivity index (χ4n) is 2.11. The maximum absolute atomic E-state index is 11.9. The van der Waals surface area contributed by atoms with E-state index in [2.05, 4.69) is 20.3 Å². The highest BCUT2D eigenvalue weighted by Gasteiger charge is 2.08. The molecule has 128 valence electrons. The van der Waals surface area contributed by atoms with Crippen molar-refractivity contribution in [2.24, 2.45) is 0 Å². The Bertz CT molecular complexity index is 977. The standard InChI is InChI=1S/C16H15N5O3S/c22-13(4-7-21-8-5-14(23)20-16(21)24)18-9-11-10-25-15(19-11)12-3-1-2-6-17-12/h1-3,5-6,8,10H,4,7,9H2,(H,18,22)(H,20,23,24). The van der Waals surface area contributed by atoms with Gasteiger partial charge in [0.05, 0.1) is 17.9 Å². The molecule has 0 spiro atoms. The van der Waals surface area contributed by atoms with Crippen LogP contribution >= 0.6 is 11.3 Å². The molecule has 0 fully saturated rings. The predicted molar refractivity (Wildman–Crippen MR) is 93.1 cm³/mol. The molecule has 3 aromatic heterocycles. The van der Waals surface area contributed by atoms with E-state index in [1.54, 1.807) is 6.20 Å². The second kappa shape index (κ2) is 7.67. The number of thiazole rings is 1. The molecule has 0 aliphatic carbocycles. The number of nitrogens with one attached hydrogen (secondary N) is 2. The third-order valence-electron chi connectivity index (χ3n) is 3.38. The fourth-order valence-corrected chi connectivity index (χ4v) is 2.91. The molecule has 3 rings (SSSR count). The lowest BCUT2D eigenvalue weighted by molar-refractivity contribution is -0.121. The second-order valence-electron chi connectivity index (χ2n) is 5.19. The Kier molecular flexibility index (Phi) is 5.14. The smallest absolute Gasteiger partial charge is 0.328 e. The van der Waals surface area contributed by atoms with Gasteiger partial charge in [0.25, 0.3) is 5.56 Å². The Morgan fingerprint density at radius 1 is 1.28 bits per heavy atom. The maximum Gasteiger partial charge on any atom is 0.328 e. The molecule has 0 aliphatic heterocycles. The minimum absolute atomic E-state index is 0.128. The second-order valence-corrected chi connectivity index (χ2v) is 6.05. The molecule has 9 heteroatoms. The Morgan fingerprint density at radius 3 is 2.92 bits per heavy atom. The first-order chi connectivity index (χ1) is 12.1. The monoisotopic (exact) mass is 357 g/mol. The van der Waals surface area contributed by atoms with E-state index in [9.17, 15) is 14.4 Å². The third kappa shape index (κ3) is 4.48. The Morgan fingerprint density at radius 2 is 2.16 bits per heavy atom. The van der Waals surface area contributed by atoms with Crippen molar-refractivity contribution in [2.75, 3.05) is 0 Å². The van der Waals surface area contributed by atoms with E-state index in [1.807, 2.05) is 23.6 Å². The van der Waals surface area contributed by atoms with Crippen LogP contribution in [0.5, 0.6) is 0 Å². The highest BCUT2D eigenvalue weighted by molar-refractivity contribution is 7.13. The molecular formula is C16H15N5O3S. The lowest BCUT2D eigenvalue weighted by atomic mass is 10.3. The number of aromatic nitrogens is 4. The van der Waals surface area contributed by atoms with Gasteiger partial charge in [0.2, 0.25) is 5.91 Å². The van der Waals surface area contributed by atoms with Crippen molar-refractivity contribution in [3.8, 4) is 10.7 Å². The fraction of sp³-hybridized carbons (Fsp3) is 0.188. The molecule has 1 amide bonds. The number of aryl methyl sites for hydroxylation is 1. The van der Waals surface area contributed by atoms with Crippen LogP contribution in [0.15, 0.2) is 51.6 Å². The van der Waals surface area contributed by atoms with Gasteiger partial charge in [0.15, 0.2) is 0 Å². The minimum Gasteiger partial charge on any atom is -0.350 e. The van der Waals surface area contributed by atoms with Crippen molar-refractivity contribution >= 4 is 17.2 Å². The summed E-state index contributed by atoms with van der Waals surface area (Å²) in [6.07, 6.45) is 3.20. The van der Waals surface area contributed by atoms with E-state index in [-0.39, 0.29) is 18.9 Å². The molecule has 0 aromatic carbocycles. The lowest BCUT2D eigenvalue weighted by Gasteiger charge is -2.05. The molecule has 2 N–H and O–H groups in total. The lowest BCUT2D eigenvalue weighted by Crippen LogP contribution is -2.31. The number of H-pyrrole nitrogens is 1. The molecule has 3 aromatic rings. The minimum atomic E-state index is -0.528. The first-order valence-corrected chi connectivity index (χ1v) is 8.42. The zero-order chi connectivity index (χ0) is 17.6. The van der Waals surface area contributed by atoms with Crippen LogP contribution in [-0.4, -0.2) is 25.4 Å². The molecule has 3 heterocycles. The predicted octanol–water partition coefficient (Wildman–Crippen LogP) is 0.762. The summed E-state index contributed by atoms with van der Waals surface area (Å²) in [5.74, 6) is -0.203. The normalized spacial score (nSPS) is 10.6. The first-order valence-electron chi connectivity index (χ1n) is 7.54. The molecule has 0 saturated carbocycles. The summed E-state index contributed by atoms with van der Waals surface area (Å²) in [4.78, 5) is 45.2. The number of nitrogens with zero attached hydrogens (tertiary/aromatic N) is 3.